The summed E-state index contributed by atoms with van der Waals surface area (Å²) >= 11 is 6.11. The molecule has 0 aromatic heterocycles. The summed E-state index contributed by atoms with van der Waals surface area (Å²) in [5.74, 6) is 0. The van der Waals surface area contributed by atoms with Crippen molar-refractivity contribution in [3.63, 3.8) is 0 Å². The molecule has 0 unspecified atom stereocenters. The molecule has 2 aromatic carbocycles. The first-order chi connectivity index (χ1) is 9.24. The normalized spacial score (nSPS) is 11.1. The number of rotatable bonds is 0. The molecule has 4 rings (SSSR count). The van der Waals surface area contributed by atoms with Crippen LogP contribution in [0, 0.1) is 0 Å². The summed E-state index contributed by atoms with van der Waals surface area (Å²) in [4.78, 5) is 4.69. The first-order valence-electron chi connectivity index (χ1n) is 6.17. The third-order valence-corrected chi connectivity index (χ3v) is 3.86. The zero-order valence-electron chi connectivity index (χ0n) is 10.8. The first-order valence-corrected chi connectivity index (χ1v) is 6.55. The Hall–Kier alpha value is -1.77. The second-order valence-corrected chi connectivity index (χ2v) is 5.21. The zero-order valence-corrected chi connectivity index (χ0v) is 12.4. The van der Waals surface area contributed by atoms with Crippen LogP contribution in [0.3, 0.4) is 0 Å². The summed E-state index contributed by atoms with van der Waals surface area (Å²) in [6, 6.07) is 16.3. The molecular weight excluding hydrogens is 291 g/mol. The quantitative estimate of drug-likeness (QED) is 0.451. The fourth-order valence-corrected chi connectivity index (χ4v) is 2.91. The van der Waals surface area contributed by atoms with Gasteiger partial charge in [-0.05, 0) is 24.3 Å². The van der Waals surface area contributed by atoms with Crippen molar-refractivity contribution < 1.29 is 0 Å². The van der Waals surface area contributed by atoms with Crippen molar-refractivity contribution in [3.05, 3.63) is 53.6 Å². The minimum atomic E-state index is 0. The lowest BCUT2D eigenvalue weighted by Crippen LogP contribution is -1.98. The number of aryl methyl sites for hydroxylation is 1. The number of halogens is 2. The number of hydrogen-bond donors (Lipinski definition) is 0. The molecule has 0 bridgehead atoms. The molecule has 0 fully saturated rings. The predicted molar refractivity (Wildman–Crippen MR) is 87.1 cm³/mol. The third-order valence-electron chi connectivity index (χ3n) is 3.62. The van der Waals surface area contributed by atoms with Gasteiger partial charge >= 0.3 is 0 Å². The number of fused-ring (bicyclic) bond motifs is 4. The van der Waals surface area contributed by atoms with E-state index in [9.17, 15) is 0 Å². The highest BCUT2D eigenvalue weighted by atomic mass is 35.5. The Morgan fingerprint density at radius 1 is 1.05 bits per heavy atom. The van der Waals surface area contributed by atoms with Crippen LogP contribution < -0.4 is 0 Å². The smallest absolute Gasteiger partial charge is 0.0887 e. The second-order valence-electron chi connectivity index (χ2n) is 4.77. The molecule has 0 saturated carbocycles. The van der Waals surface area contributed by atoms with Gasteiger partial charge in [-0.3, -0.25) is 0 Å². The van der Waals surface area contributed by atoms with Gasteiger partial charge in [0.15, 0.2) is 0 Å². The van der Waals surface area contributed by atoms with Gasteiger partial charge in [0.25, 0.3) is 0 Å². The van der Waals surface area contributed by atoms with Gasteiger partial charge in [0.2, 0.25) is 0 Å². The molecule has 0 N–H and O–H groups in total. The lowest BCUT2D eigenvalue weighted by atomic mass is 10.1. The maximum Gasteiger partial charge on any atom is 0.0887 e. The van der Waals surface area contributed by atoms with E-state index in [4.69, 9.17) is 16.6 Å². The fraction of sp³-hybridized carbons (Fsp3) is 0.0625. The summed E-state index contributed by atoms with van der Waals surface area (Å²) in [7, 11) is 2.06. The van der Waals surface area contributed by atoms with E-state index in [-0.39, 0.29) is 12.4 Å². The third kappa shape index (κ3) is 1.76. The lowest BCUT2D eigenvalue weighted by molar-refractivity contribution is 0.967. The molecular formula is C16H12Cl2N2. The van der Waals surface area contributed by atoms with Crippen LogP contribution in [-0.4, -0.2) is 9.55 Å². The second kappa shape index (κ2) is 4.65. The molecule has 2 aromatic rings. The van der Waals surface area contributed by atoms with Crippen molar-refractivity contribution in [1.29, 1.82) is 0 Å². The van der Waals surface area contributed by atoms with Gasteiger partial charge in [0.1, 0.15) is 0 Å². The SMILES string of the molecule is Cl.Cn1c2c3ccccc3nc-2cc2ccc(Cl)cc21. The van der Waals surface area contributed by atoms with Gasteiger partial charge in [-0.25, -0.2) is 4.98 Å². The van der Waals surface area contributed by atoms with Gasteiger partial charge in [0.05, 0.1) is 16.9 Å². The molecule has 100 valence electrons. The van der Waals surface area contributed by atoms with E-state index in [1.807, 2.05) is 36.4 Å². The topological polar surface area (TPSA) is 17.8 Å². The van der Waals surface area contributed by atoms with Crippen LogP contribution in [0.25, 0.3) is 33.2 Å². The molecule has 0 amide bonds. The summed E-state index contributed by atoms with van der Waals surface area (Å²) in [5, 5.41) is 3.09. The number of para-hydroxylation sites is 1. The van der Waals surface area contributed by atoms with Crippen LogP contribution in [0.4, 0.5) is 0 Å². The van der Waals surface area contributed by atoms with Crippen molar-refractivity contribution >= 4 is 45.8 Å². The van der Waals surface area contributed by atoms with Crippen molar-refractivity contribution in [2.24, 2.45) is 7.05 Å². The molecule has 0 radical (unpaired) electrons. The summed E-state index contributed by atoms with van der Waals surface area (Å²) in [5.41, 5.74) is 4.34. The van der Waals surface area contributed by atoms with Crippen LogP contribution in [0.5, 0.6) is 0 Å². The largest absolute Gasteiger partial charge is 0.342 e. The van der Waals surface area contributed by atoms with Crippen LogP contribution in [0.15, 0.2) is 48.5 Å². The molecule has 2 aliphatic heterocycles. The highest BCUT2D eigenvalue weighted by molar-refractivity contribution is 6.31. The van der Waals surface area contributed by atoms with E-state index >= 15 is 0 Å². The van der Waals surface area contributed by atoms with Gasteiger partial charge in [-0.15, -0.1) is 12.4 Å². The average molecular weight is 303 g/mol. The van der Waals surface area contributed by atoms with Gasteiger partial charge in [-0.1, -0.05) is 35.9 Å². The number of nitrogens with zero attached hydrogens (tertiary/aromatic N) is 2. The number of hydrogen-bond acceptors (Lipinski definition) is 1. The molecule has 2 heterocycles. The number of benzene rings is 2. The van der Waals surface area contributed by atoms with E-state index in [1.165, 1.54) is 5.39 Å². The molecule has 0 atom stereocenters. The van der Waals surface area contributed by atoms with Crippen molar-refractivity contribution in [1.82, 2.24) is 9.55 Å². The Morgan fingerprint density at radius 3 is 2.70 bits per heavy atom. The summed E-state index contributed by atoms with van der Waals surface area (Å²) < 4.78 is 2.17. The molecule has 2 nitrogen and oxygen atoms in total. The van der Waals surface area contributed by atoms with Gasteiger partial charge < -0.3 is 4.57 Å². The highest BCUT2D eigenvalue weighted by Gasteiger charge is 2.15. The molecule has 4 heteroatoms. The Bertz CT molecular complexity index is 896. The fourth-order valence-electron chi connectivity index (χ4n) is 2.74. The molecule has 0 spiro atoms. The maximum absolute atomic E-state index is 6.11. The van der Waals surface area contributed by atoms with E-state index in [0.29, 0.717) is 0 Å². The minimum Gasteiger partial charge on any atom is -0.342 e. The van der Waals surface area contributed by atoms with Crippen LogP contribution in [-0.2, 0) is 7.05 Å². The maximum atomic E-state index is 6.11. The minimum absolute atomic E-state index is 0. The first kappa shape index (κ1) is 13.2. The van der Waals surface area contributed by atoms with Crippen molar-refractivity contribution in [2.75, 3.05) is 0 Å². The number of pyridine rings is 1. The molecule has 0 aliphatic carbocycles. The van der Waals surface area contributed by atoms with E-state index < -0.39 is 0 Å². The summed E-state index contributed by atoms with van der Waals surface area (Å²) in [6.07, 6.45) is 0. The molecule has 20 heavy (non-hydrogen) atoms. The van der Waals surface area contributed by atoms with E-state index in [2.05, 4.69) is 23.7 Å². The standard InChI is InChI=1S/C16H11ClN2.ClH/c1-19-15-9-11(17)7-6-10(15)8-14-16(19)12-4-2-3-5-13(12)18-14;/h2-9H,1H3;1H. The van der Waals surface area contributed by atoms with Crippen LogP contribution in [0.1, 0.15) is 0 Å². The van der Waals surface area contributed by atoms with Crippen LogP contribution >= 0.6 is 24.0 Å². The predicted octanol–water partition coefficient (Wildman–Crippen LogP) is 4.91. The average Bonchev–Trinajstić information content (AvgIpc) is 2.78. The van der Waals surface area contributed by atoms with E-state index in [0.717, 1.165) is 32.8 Å². The monoisotopic (exact) mass is 302 g/mol. The lowest BCUT2D eigenvalue weighted by Gasteiger charge is -2.12. The van der Waals surface area contributed by atoms with Gasteiger partial charge in [-0.2, -0.15) is 0 Å². The Labute approximate surface area is 127 Å². The molecule has 0 saturated heterocycles. The van der Waals surface area contributed by atoms with Crippen LogP contribution in [0.2, 0.25) is 5.02 Å². The van der Waals surface area contributed by atoms with E-state index in [1.54, 1.807) is 0 Å². The summed E-state index contributed by atoms with van der Waals surface area (Å²) in [6.45, 7) is 0. The van der Waals surface area contributed by atoms with Crippen molar-refractivity contribution in [2.45, 2.75) is 0 Å². The zero-order chi connectivity index (χ0) is 13.0. The van der Waals surface area contributed by atoms with Gasteiger partial charge in [0, 0.05) is 28.4 Å². The Balaban J connectivity index is 0.00000121. The van der Waals surface area contributed by atoms with Crippen molar-refractivity contribution in [3.8, 4) is 11.4 Å². The number of aromatic nitrogens is 2. The highest BCUT2D eigenvalue weighted by Crippen LogP contribution is 2.34. The Kier molecular flexibility index (Phi) is 3.08. The Morgan fingerprint density at radius 2 is 1.85 bits per heavy atom. The molecule has 2 aliphatic rings.